The largest absolute Gasteiger partial charge is 0.481 e. The molecule has 6 nitrogen and oxygen atoms in total. The van der Waals surface area contributed by atoms with Crippen molar-refractivity contribution in [2.75, 3.05) is 32.7 Å². The molecule has 20 heavy (non-hydrogen) atoms. The first-order valence-electron chi connectivity index (χ1n) is 7.54. The molecule has 2 amide bonds. The fraction of sp³-hybridized carbons (Fsp3) is 0.857. The van der Waals surface area contributed by atoms with E-state index in [0.717, 1.165) is 32.1 Å². The number of hydrogen-bond donors (Lipinski definition) is 2. The highest BCUT2D eigenvalue weighted by Crippen LogP contribution is 2.29. The first-order chi connectivity index (χ1) is 9.54. The van der Waals surface area contributed by atoms with Gasteiger partial charge >= 0.3 is 12.0 Å². The van der Waals surface area contributed by atoms with Gasteiger partial charge in [-0.1, -0.05) is 0 Å². The Morgan fingerprint density at radius 1 is 1.25 bits per heavy atom. The van der Waals surface area contributed by atoms with Crippen LogP contribution in [0.5, 0.6) is 0 Å². The number of nitrogens with one attached hydrogen (secondary N) is 1. The van der Waals surface area contributed by atoms with Crippen molar-refractivity contribution in [2.45, 2.75) is 38.6 Å². The molecule has 1 atom stereocenters. The van der Waals surface area contributed by atoms with Gasteiger partial charge in [0.2, 0.25) is 0 Å². The van der Waals surface area contributed by atoms with Gasteiger partial charge in [0.15, 0.2) is 0 Å². The Morgan fingerprint density at radius 2 is 1.90 bits per heavy atom. The number of piperazine rings is 1. The molecule has 2 N–H and O–H groups in total. The van der Waals surface area contributed by atoms with Gasteiger partial charge in [-0.3, -0.25) is 9.69 Å². The van der Waals surface area contributed by atoms with E-state index >= 15 is 0 Å². The molecule has 114 valence electrons. The van der Waals surface area contributed by atoms with Crippen LogP contribution in [0.25, 0.3) is 0 Å². The van der Waals surface area contributed by atoms with Crippen molar-refractivity contribution in [3.63, 3.8) is 0 Å². The summed E-state index contributed by atoms with van der Waals surface area (Å²) < 4.78 is 0. The van der Waals surface area contributed by atoms with Gasteiger partial charge in [-0.25, -0.2) is 4.79 Å². The summed E-state index contributed by atoms with van der Waals surface area (Å²) in [6.45, 7) is 6.48. The predicted molar refractivity (Wildman–Crippen MR) is 75.6 cm³/mol. The lowest BCUT2D eigenvalue weighted by molar-refractivity contribution is -0.137. The number of carbonyl (C=O) groups is 2. The van der Waals surface area contributed by atoms with Crippen molar-refractivity contribution in [3.8, 4) is 0 Å². The smallest absolute Gasteiger partial charge is 0.317 e. The Hall–Kier alpha value is -1.30. The predicted octanol–water partition coefficient (Wildman–Crippen LogP) is 0.977. The van der Waals surface area contributed by atoms with Gasteiger partial charge in [-0.2, -0.15) is 0 Å². The maximum Gasteiger partial charge on any atom is 0.317 e. The van der Waals surface area contributed by atoms with E-state index in [0.29, 0.717) is 6.42 Å². The van der Waals surface area contributed by atoms with E-state index in [-0.39, 0.29) is 18.5 Å². The zero-order chi connectivity index (χ0) is 14.5. The number of carboxylic acid groups (broad SMARTS) is 1. The van der Waals surface area contributed by atoms with Crippen LogP contribution >= 0.6 is 0 Å². The molecule has 0 aromatic heterocycles. The molecule has 0 spiro atoms. The van der Waals surface area contributed by atoms with E-state index < -0.39 is 5.97 Å². The van der Waals surface area contributed by atoms with E-state index in [1.165, 1.54) is 19.4 Å². The number of rotatable bonds is 6. The Bertz CT molecular complexity index is 350. The molecule has 1 heterocycles. The van der Waals surface area contributed by atoms with Crippen molar-refractivity contribution >= 4 is 12.0 Å². The molecule has 0 radical (unpaired) electrons. The van der Waals surface area contributed by atoms with E-state index in [1.54, 1.807) is 0 Å². The maximum atomic E-state index is 12.0. The summed E-state index contributed by atoms with van der Waals surface area (Å²) in [4.78, 5) is 26.8. The molecule has 1 saturated carbocycles. The number of hydrogen-bond acceptors (Lipinski definition) is 3. The van der Waals surface area contributed by atoms with Crippen molar-refractivity contribution in [2.24, 2.45) is 5.92 Å². The SMILES string of the molecule is CC(CCC(=O)O)NC(=O)N1CCN(CC2CC2)CC1. The summed E-state index contributed by atoms with van der Waals surface area (Å²) in [6.07, 6.45) is 3.29. The first kappa shape index (κ1) is 15.1. The van der Waals surface area contributed by atoms with Crippen molar-refractivity contribution in [1.82, 2.24) is 15.1 Å². The lowest BCUT2D eigenvalue weighted by atomic mass is 10.2. The molecule has 1 aliphatic heterocycles. The van der Waals surface area contributed by atoms with E-state index in [9.17, 15) is 9.59 Å². The molecule has 6 heteroatoms. The minimum Gasteiger partial charge on any atom is -0.481 e. The summed E-state index contributed by atoms with van der Waals surface area (Å²) in [5, 5.41) is 11.5. The fourth-order valence-corrected chi connectivity index (χ4v) is 2.51. The molecule has 2 fully saturated rings. The molecule has 1 unspecified atom stereocenters. The van der Waals surface area contributed by atoms with Crippen LogP contribution in [0.2, 0.25) is 0 Å². The molecule has 2 aliphatic rings. The number of urea groups is 1. The number of nitrogens with zero attached hydrogens (tertiary/aromatic N) is 2. The highest BCUT2D eigenvalue weighted by molar-refractivity contribution is 5.74. The van der Waals surface area contributed by atoms with Crippen molar-refractivity contribution < 1.29 is 14.7 Å². The zero-order valence-corrected chi connectivity index (χ0v) is 12.2. The summed E-state index contributed by atoms with van der Waals surface area (Å²) in [5.41, 5.74) is 0. The Labute approximate surface area is 120 Å². The Balaban J connectivity index is 1.64. The number of aliphatic carboxylic acids is 1. The highest BCUT2D eigenvalue weighted by Gasteiger charge is 2.27. The van der Waals surface area contributed by atoms with E-state index in [2.05, 4.69) is 10.2 Å². The second-order valence-electron chi connectivity index (χ2n) is 6.01. The second-order valence-corrected chi connectivity index (χ2v) is 6.01. The average Bonchev–Trinajstić information content (AvgIpc) is 3.21. The van der Waals surface area contributed by atoms with Gasteiger partial charge < -0.3 is 15.3 Å². The minimum absolute atomic E-state index is 0.0611. The monoisotopic (exact) mass is 283 g/mol. The Kier molecular flexibility index (Phi) is 5.23. The third-order valence-electron chi connectivity index (χ3n) is 4.03. The first-order valence-corrected chi connectivity index (χ1v) is 7.54. The third kappa shape index (κ3) is 5.00. The second kappa shape index (κ2) is 6.92. The summed E-state index contributed by atoms with van der Waals surface area (Å²) in [7, 11) is 0. The molecular formula is C14H25N3O3. The lowest BCUT2D eigenvalue weighted by Gasteiger charge is -2.35. The van der Waals surface area contributed by atoms with Gasteiger partial charge in [-0.05, 0) is 32.1 Å². The number of amides is 2. The normalized spacial score (nSPS) is 21.6. The van der Waals surface area contributed by atoms with Crippen LogP contribution in [0, 0.1) is 5.92 Å². The van der Waals surface area contributed by atoms with Crippen LogP contribution < -0.4 is 5.32 Å². The Morgan fingerprint density at radius 3 is 2.45 bits per heavy atom. The van der Waals surface area contributed by atoms with Crippen LogP contribution in [0.15, 0.2) is 0 Å². The molecule has 0 aromatic carbocycles. The van der Waals surface area contributed by atoms with E-state index in [1.807, 2.05) is 11.8 Å². The quantitative estimate of drug-likeness (QED) is 0.762. The topological polar surface area (TPSA) is 72.9 Å². The zero-order valence-electron chi connectivity index (χ0n) is 12.2. The minimum atomic E-state index is -0.820. The molecule has 2 rings (SSSR count). The third-order valence-corrected chi connectivity index (χ3v) is 4.03. The number of carbonyl (C=O) groups excluding carboxylic acids is 1. The van der Waals surface area contributed by atoms with Gasteiger partial charge in [0.25, 0.3) is 0 Å². The van der Waals surface area contributed by atoms with Gasteiger partial charge in [0.1, 0.15) is 0 Å². The molecular weight excluding hydrogens is 258 g/mol. The van der Waals surface area contributed by atoms with Gasteiger partial charge in [-0.15, -0.1) is 0 Å². The molecule has 0 bridgehead atoms. The van der Waals surface area contributed by atoms with Crippen molar-refractivity contribution in [3.05, 3.63) is 0 Å². The van der Waals surface area contributed by atoms with Crippen LogP contribution in [-0.2, 0) is 4.79 Å². The van der Waals surface area contributed by atoms with Crippen LogP contribution in [0.1, 0.15) is 32.6 Å². The van der Waals surface area contributed by atoms with E-state index in [4.69, 9.17) is 5.11 Å². The number of carboxylic acids is 1. The van der Waals surface area contributed by atoms with Crippen LogP contribution in [0.3, 0.4) is 0 Å². The van der Waals surface area contributed by atoms with Crippen LogP contribution in [0.4, 0.5) is 4.79 Å². The average molecular weight is 283 g/mol. The summed E-state index contributed by atoms with van der Waals surface area (Å²) in [5.74, 6) is 0.0752. The maximum absolute atomic E-state index is 12.0. The summed E-state index contributed by atoms with van der Waals surface area (Å²) in [6, 6.07) is -0.156. The molecule has 1 saturated heterocycles. The van der Waals surface area contributed by atoms with Gasteiger partial charge in [0, 0.05) is 45.2 Å². The molecule has 1 aliphatic carbocycles. The molecule has 0 aromatic rings. The highest BCUT2D eigenvalue weighted by atomic mass is 16.4. The van der Waals surface area contributed by atoms with Crippen molar-refractivity contribution in [1.29, 1.82) is 0 Å². The standard InChI is InChI=1S/C14H25N3O3/c1-11(2-5-13(18)19)15-14(20)17-8-6-16(7-9-17)10-12-3-4-12/h11-12H,2-10H2,1H3,(H,15,20)(H,18,19). The van der Waals surface area contributed by atoms with Gasteiger partial charge in [0.05, 0.1) is 0 Å². The van der Waals surface area contributed by atoms with Crippen LogP contribution in [-0.4, -0.2) is 65.7 Å². The lowest BCUT2D eigenvalue weighted by Crippen LogP contribution is -2.53. The fourth-order valence-electron chi connectivity index (χ4n) is 2.51. The summed E-state index contributed by atoms with van der Waals surface area (Å²) >= 11 is 0.